The Bertz CT molecular complexity index is 3170. The van der Waals surface area contributed by atoms with Crippen LogP contribution in [0.3, 0.4) is 0 Å². The first kappa shape index (κ1) is 34.7. The molecule has 0 spiro atoms. The maximum atomic E-state index is 5.52. The summed E-state index contributed by atoms with van der Waals surface area (Å²) in [6.45, 7) is 0. The Balaban J connectivity index is 1.04. The molecule has 0 aliphatic heterocycles. The molecule has 276 valence electrons. The summed E-state index contributed by atoms with van der Waals surface area (Å²) in [7, 11) is 0. The van der Waals surface area contributed by atoms with Crippen molar-refractivity contribution >= 4 is 42.4 Å². The minimum atomic E-state index is 0.673. The van der Waals surface area contributed by atoms with Crippen LogP contribution in [0, 0.1) is 0 Å². The van der Waals surface area contributed by atoms with Crippen molar-refractivity contribution < 1.29 is 0 Å². The fraction of sp³-hybridized carbons (Fsp3) is 0. The number of rotatable bonds is 7. The maximum absolute atomic E-state index is 5.52. The summed E-state index contributed by atoms with van der Waals surface area (Å²) in [5, 5.41) is 3.59. The highest BCUT2D eigenvalue weighted by molar-refractivity contribution is 7.26. The van der Waals surface area contributed by atoms with Gasteiger partial charge in [0.15, 0.2) is 5.82 Å². The zero-order valence-electron chi connectivity index (χ0n) is 32.0. The van der Waals surface area contributed by atoms with Gasteiger partial charge in [0.25, 0.3) is 0 Å². The normalized spacial score (nSPS) is 11.4. The van der Waals surface area contributed by atoms with E-state index in [-0.39, 0.29) is 0 Å². The third kappa shape index (κ3) is 6.46. The van der Waals surface area contributed by atoms with E-state index in [2.05, 4.69) is 200 Å². The van der Waals surface area contributed by atoms with Gasteiger partial charge < -0.3 is 0 Å². The molecule has 0 amide bonds. The Hall–Kier alpha value is -7.53. The first-order chi connectivity index (χ1) is 29.2. The van der Waals surface area contributed by atoms with Crippen molar-refractivity contribution in [2.24, 2.45) is 0 Å². The number of para-hydroxylation sites is 1. The molecule has 0 bridgehead atoms. The molecular weight excluding hydrogens is 735 g/mol. The van der Waals surface area contributed by atoms with Gasteiger partial charge in [0.05, 0.1) is 22.6 Å². The molecular formula is C55H35N3S. The van der Waals surface area contributed by atoms with Crippen LogP contribution in [-0.4, -0.2) is 15.0 Å². The third-order valence-corrected chi connectivity index (χ3v) is 12.3. The lowest BCUT2D eigenvalue weighted by Gasteiger charge is -2.13. The van der Waals surface area contributed by atoms with Crippen LogP contribution in [0.5, 0.6) is 0 Å². The Morgan fingerprint density at radius 3 is 1.37 bits per heavy atom. The van der Waals surface area contributed by atoms with Crippen molar-refractivity contribution in [1.82, 2.24) is 15.0 Å². The van der Waals surface area contributed by atoms with Gasteiger partial charge in [-0.15, -0.1) is 11.3 Å². The Labute approximate surface area is 346 Å². The number of nitrogens with zero attached hydrogens (tertiary/aromatic N) is 3. The number of fused-ring (bicyclic) bond motifs is 5. The van der Waals surface area contributed by atoms with Crippen LogP contribution >= 0.6 is 11.3 Å². The fourth-order valence-electron chi connectivity index (χ4n) is 8.12. The first-order valence-corrected chi connectivity index (χ1v) is 20.7. The number of benzene rings is 8. The van der Waals surface area contributed by atoms with E-state index in [0.717, 1.165) is 56.0 Å². The second-order valence-electron chi connectivity index (χ2n) is 14.8. The molecule has 11 rings (SSSR count). The van der Waals surface area contributed by atoms with Crippen molar-refractivity contribution in [3.63, 3.8) is 0 Å². The second kappa shape index (κ2) is 14.8. The summed E-state index contributed by atoms with van der Waals surface area (Å²) < 4.78 is 2.51. The highest BCUT2D eigenvalue weighted by atomic mass is 32.1. The quantitative estimate of drug-likeness (QED) is 0.162. The summed E-state index contributed by atoms with van der Waals surface area (Å²) in [5.74, 6) is 0.673. The molecule has 0 radical (unpaired) electrons. The van der Waals surface area contributed by atoms with Crippen molar-refractivity contribution in [2.75, 3.05) is 0 Å². The van der Waals surface area contributed by atoms with Crippen molar-refractivity contribution in [1.29, 1.82) is 0 Å². The molecule has 0 saturated heterocycles. The maximum Gasteiger partial charge on any atom is 0.160 e. The van der Waals surface area contributed by atoms with Crippen LogP contribution in [0.2, 0.25) is 0 Å². The summed E-state index contributed by atoms with van der Waals surface area (Å²) in [6, 6.07) is 74.8. The van der Waals surface area contributed by atoms with E-state index in [0.29, 0.717) is 5.82 Å². The summed E-state index contributed by atoms with van der Waals surface area (Å²) in [5.41, 5.74) is 14.8. The minimum absolute atomic E-state index is 0.673. The van der Waals surface area contributed by atoms with Gasteiger partial charge in [-0.05, 0) is 39.9 Å². The molecule has 8 aromatic carbocycles. The molecule has 0 aliphatic carbocycles. The highest BCUT2D eigenvalue weighted by Crippen LogP contribution is 2.44. The molecule has 0 saturated carbocycles. The molecule has 59 heavy (non-hydrogen) atoms. The number of aromatic nitrogens is 3. The van der Waals surface area contributed by atoms with Crippen LogP contribution in [0.1, 0.15) is 0 Å². The molecule has 3 heterocycles. The third-order valence-electron chi connectivity index (χ3n) is 11.1. The van der Waals surface area contributed by atoms with E-state index in [1.165, 1.54) is 47.8 Å². The summed E-state index contributed by atoms with van der Waals surface area (Å²) in [4.78, 5) is 15.9. The smallest absolute Gasteiger partial charge is 0.160 e. The number of thiophene rings is 1. The van der Waals surface area contributed by atoms with Gasteiger partial charge in [0.1, 0.15) is 0 Å². The molecule has 4 heteroatoms. The lowest BCUT2D eigenvalue weighted by Crippen LogP contribution is -1.96. The van der Waals surface area contributed by atoms with Crippen LogP contribution in [-0.2, 0) is 0 Å². The van der Waals surface area contributed by atoms with Crippen LogP contribution in [0.4, 0.5) is 0 Å². The molecule has 3 nitrogen and oxygen atoms in total. The van der Waals surface area contributed by atoms with E-state index in [1.807, 2.05) is 23.5 Å². The van der Waals surface area contributed by atoms with Gasteiger partial charge in [0.2, 0.25) is 0 Å². The van der Waals surface area contributed by atoms with E-state index in [1.54, 1.807) is 0 Å². The summed E-state index contributed by atoms with van der Waals surface area (Å²) in [6.07, 6.45) is 0. The van der Waals surface area contributed by atoms with Gasteiger partial charge in [0, 0.05) is 53.4 Å². The van der Waals surface area contributed by atoms with Crippen molar-refractivity contribution in [2.45, 2.75) is 0 Å². The Morgan fingerprint density at radius 1 is 0.322 bits per heavy atom. The molecule has 0 aliphatic rings. The standard InChI is InChI=1S/C55H35N3S/c1-4-13-36(14-5-1)38-23-27-41(28-24-38)48-35-49(42-29-25-39(26-30-42)37-15-6-2-7-16-37)57-55(56-48)44-33-31-43(32-34-44)52-51-46-19-10-11-22-50(46)59-54(51)47-21-12-20-45(53(47)58-52)40-17-8-3-9-18-40/h1-35H. The topological polar surface area (TPSA) is 38.7 Å². The largest absolute Gasteiger partial charge is 0.246 e. The lowest BCUT2D eigenvalue weighted by atomic mass is 9.97. The second-order valence-corrected chi connectivity index (χ2v) is 15.8. The molecule has 11 aromatic rings. The van der Waals surface area contributed by atoms with E-state index in [4.69, 9.17) is 15.0 Å². The monoisotopic (exact) mass is 769 g/mol. The zero-order valence-corrected chi connectivity index (χ0v) is 32.8. The van der Waals surface area contributed by atoms with Crippen molar-refractivity contribution in [3.05, 3.63) is 212 Å². The first-order valence-electron chi connectivity index (χ1n) is 19.8. The lowest BCUT2D eigenvalue weighted by molar-refractivity contribution is 1.18. The molecule has 0 unspecified atom stereocenters. The van der Waals surface area contributed by atoms with Crippen LogP contribution in [0.25, 0.3) is 110 Å². The van der Waals surface area contributed by atoms with Gasteiger partial charge in [-0.3, -0.25) is 0 Å². The molecule has 3 aromatic heterocycles. The SMILES string of the molecule is c1ccc(-c2ccc(-c3cc(-c4ccc(-c5ccccc5)cc4)nc(-c4ccc(-c5nc6c(-c7ccccc7)cccc6c6sc7ccccc7c56)cc4)n3)cc2)cc1. The average Bonchev–Trinajstić information content (AvgIpc) is 3.72. The van der Waals surface area contributed by atoms with Gasteiger partial charge >= 0.3 is 0 Å². The highest BCUT2D eigenvalue weighted by Gasteiger charge is 2.19. The molecule has 0 atom stereocenters. The molecule has 0 fully saturated rings. The zero-order chi connectivity index (χ0) is 39.1. The Morgan fingerprint density at radius 2 is 0.780 bits per heavy atom. The number of pyridine rings is 1. The number of hydrogen-bond acceptors (Lipinski definition) is 4. The average molecular weight is 770 g/mol. The predicted octanol–water partition coefficient (Wildman–Crippen LogP) is 15.1. The van der Waals surface area contributed by atoms with Gasteiger partial charge in [-0.1, -0.05) is 200 Å². The predicted molar refractivity (Wildman–Crippen MR) is 248 cm³/mol. The van der Waals surface area contributed by atoms with Gasteiger partial charge in [-0.25, -0.2) is 15.0 Å². The van der Waals surface area contributed by atoms with Crippen LogP contribution < -0.4 is 0 Å². The minimum Gasteiger partial charge on any atom is -0.246 e. The fourth-order valence-corrected chi connectivity index (χ4v) is 9.35. The molecule has 0 N–H and O–H groups in total. The van der Waals surface area contributed by atoms with E-state index < -0.39 is 0 Å². The van der Waals surface area contributed by atoms with E-state index >= 15 is 0 Å². The van der Waals surface area contributed by atoms with Crippen molar-refractivity contribution in [3.8, 4) is 78.5 Å². The van der Waals surface area contributed by atoms with Gasteiger partial charge in [-0.2, -0.15) is 0 Å². The summed E-state index contributed by atoms with van der Waals surface area (Å²) >= 11 is 1.84. The number of hydrogen-bond donors (Lipinski definition) is 0. The Kier molecular flexibility index (Phi) is 8.68. The van der Waals surface area contributed by atoms with E-state index in [9.17, 15) is 0 Å². The van der Waals surface area contributed by atoms with Crippen LogP contribution in [0.15, 0.2) is 212 Å².